The van der Waals surface area contributed by atoms with Crippen LogP contribution in [0, 0.1) is 5.92 Å². The van der Waals surface area contributed by atoms with Gasteiger partial charge in [-0.15, -0.1) is 0 Å². The quantitative estimate of drug-likeness (QED) is 0.803. The molecule has 0 spiro atoms. The van der Waals surface area contributed by atoms with Crippen molar-refractivity contribution in [2.45, 2.75) is 57.9 Å². The molecule has 19 heavy (non-hydrogen) atoms. The molecule has 2 rings (SSSR count). The number of hydrogen-bond donors (Lipinski definition) is 1. The van der Waals surface area contributed by atoms with Crippen molar-refractivity contribution in [3.05, 3.63) is 35.9 Å². The maximum Gasteiger partial charge on any atom is 0.159 e. The summed E-state index contributed by atoms with van der Waals surface area (Å²) in [6.45, 7) is 12.8. The average Bonchev–Trinajstić information content (AvgIpc) is 2.37. The molecule has 1 heterocycles. The van der Waals surface area contributed by atoms with Gasteiger partial charge in [-0.25, -0.2) is 0 Å². The number of rotatable bonds is 3. The van der Waals surface area contributed by atoms with Crippen molar-refractivity contribution in [2.24, 2.45) is 5.92 Å². The zero-order valence-corrected chi connectivity index (χ0v) is 13.8. The summed E-state index contributed by atoms with van der Waals surface area (Å²) < 4.78 is 13.5. The summed E-state index contributed by atoms with van der Waals surface area (Å²) >= 11 is 0. The molecule has 0 unspecified atom stereocenters. The van der Waals surface area contributed by atoms with Gasteiger partial charge in [-0.2, -0.15) is 0 Å². The van der Waals surface area contributed by atoms with Gasteiger partial charge in [0.2, 0.25) is 0 Å². The summed E-state index contributed by atoms with van der Waals surface area (Å²) in [4.78, 5) is 0. The molecule has 1 fully saturated rings. The molecule has 2 nitrogen and oxygen atoms in total. The second-order valence-electron chi connectivity index (χ2n) is 6.90. The van der Waals surface area contributed by atoms with Gasteiger partial charge in [0.15, 0.2) is 7.29 Å². The summed E-state index contributed by atoms with van der Waals surface area (Å²) in [5.41, 5.74) is 1.20. The molecule has 0 aromatic heterocycles. The van der Waals surface area contributed by atoms with Crippen LogP contribution in [0.2, 0.25) is 0 Å². The first-order valence-electron chi connectivity index (χ1n) is 7.07. The van der Waals surface area contributed by atoms with E-state index in [1.54, 1.807) is 0 Å². The molecule has 1 N–H and O–H groups in total. The monoisotopic (exact) mass is 279 g/mol. The smallest absolute Gasteiger partial charge is 0.159 e. The molecule has 0 saturated carbocycles. The molecule has 1 aliphatic rings. The minimum atomic E-state index is -2.43. The van der Waals surface area contributed by atoms with Crippen molar-refractivity contribution in [1.29, 1.82) is 0 Å². The van der Waals surface area contributed by atoms with Crippen LogP contribution in [0.5, 0.6) is 0 Å². The Labute approximate surface area is 117 Å². The molecule has 1 aromatic carbocycles. The van der Waals surface area contributed by atoms with Crippen LogP contribution in [-0.4, -0.2) is 10.3 Å². The van der Waals surface area contributed by atoms with Crippen LogP contribution in [0.1, 0.15) is 53.1 Å². The molecule has 0 radical (unpaired) electrons. The molecule has 1 atom stereocenters. The van der Waals surface area contributed by atoms with Crippen LogP contribution >= 0.6 is 7.29 Å². The molecule has 106 valence electrons. The third-order valence-corrected chi connectivity index (χ3v) is 10.2. The Morgan fingerprint density at radius 3 is 2.05 bits per heavy atom. The first-order valence-corrected chi connectivity index (χ1v) is 8.78. The summed E-state index contributed by atoms with van der Waals surface area (Å²) in [5, 5.41) is 3.22. The van der Waals surface area contributed by atoms with Crippen molar-refractivity contribution in [1.82, 2.24) is 5.09 Å². The van der Waals surface area contributed by atoms with Crippen LogP contribution in [0.4, 0.5) is 0 Å². The third kappa shape index (κ3) is 1.92. The van der Waals surface area contributed by atoms with E-state index < -0.39 is 7.29 Å². The highest BCUT2D eigenvalue weighted by atomic mass is 31.2. The molecule has 0 bridgehead atoms. The van der Waals surface area contributed by atoms with Crippen LogP contribution in [0.25, 0.3) is 0 Å². The predicted molar refractivity (Wildman–Crippen MR) is 82.9 cm³/mol. The molecule has 1 aromatic rings. The Morgan fingerprint density at radius 2 is 1.58 bits per heavy atom. The van der Waals surface area contributed by atoms with E-state index in [1.165, 1.54) is 5.56 Å². The van der Waals surface area contributed by atoms with Crippen molar-refractivity contribution in [3.8, 4) is 0 Å². The Kier molecular flexibility index (Phi) is 3.48. The lowest BCUT2D eigenvalue weighted by Crippen LogP contribution is -2.61. The van der Waals surface area contributed by atoms with Gasteiger partial charge in [0.05, 0.1) is 0 Å². The van der Waals surface area contributed by atoms with E-state index in [9.17, 15) is 4.57 Å². The lowest BCUT2D eigenvalue weighted by atomic mass is 9.83. The van der Waals surface area contributed by atoms with Crippen molar-refractivity contribution in [2.75, 3.05) is 0 Å². The van der Waals surface area contributed by atoms with Gasteiger partial charge in [0.25, 0.3) is 0 Å². The SMILES string of the molecule is CC1C(C)(C)P(=O)(N[C@@H](C)c2ccccc2)C1(C)C. The van der Waals surface area contributed by atoms with Crippen LogP contribution in [0.3, 0.4) is 0 Å². The molecule has 1 aliphatic heterocycles. The highest BCUT2D eigenvalue weighted by Gasteiger charge is 2.68. The predicted octanol–water partition coefficient (Wildman–Crippen LogP) is 4.82. The van der Waals surface area contributed by atoms with E-state index in [4.69, 9.17) is 0 Å². The number of benzene rings is 1. The Morgan fingerprint density at radius 1 is 1.11 bits per heavy atom. The third-order valence-electron chi connectivity index (χ3n) is 5.42. The second kappa shape index (κ2) is 4.46. The van der Waals surface area contributed by atoms with E-state index in [2.05, 4.69) is 58.8 Å². The van der Waals surface area contributed by atoms with E-state index in [-0.39, 0.29) is 16.4 Å². The number of nitrogens with one attached hydrogen (secondary N) is 1. The normalized spacial score (nSPS) is 33.5. The van der Waals surface area contributed by atoms with Crippen molar-refractivity contribution < 1.29 is 4.57 Å². The van der Waals surface area contributed by atoms with Gasteiger partial charge in [0.1, 0.15) is 0 Å². The lowest BCUT2D eigenvalue weighted by Gasteiger charge is -2.63. The summed E-state index contributed by atoms with van der Waals surface area (Å²) in [6, 6.07) is 10.4. The highest BCUT2D eigenvalue weighted by Crippen LogP contribution is 2.80. The summed E-state index contributed by atoms with van der Waals surface area (Å²) in [5.74, 6) is 0.460. The van der Waals surface area contributed by atoms with Gasteiger partial charge in [0, 0.05) is 16.4 Å². The van der Waals surface area contributed by atoms with Crippen molar-refractivity contribution >= 4 is 7.29 Å². The van der Waals surface area contributed by atoms with Crippen LogP contribution in [0.15, 0.2) is 30.3 Å². The molecule has 1 saturated heterocycles. The van der Waals surface area contributed by atoms with Gasteiger partial charge in [-0.1, -0.05) is 65.0 Å². The highest BCUT2D eigenvalue weighted by molar-refractivity contribution is 7.66. The Hall–Kier alpha value is -0.590. The fourth-order valence-electron chi connectivity index (χ4n) is 3.51. The zero-order chi connectivity index (χ0) is 14.5. The van der Waals surface area contributed by atoms with E-state index in [0.717, 1.165) is 0 Å². The first kappa shape index (κ1) is 14.8. The van der Waals surface area contributed by atoms with E-state index in [1.807, 2.05) is 18.2 Å². The molecular formula is C16H26NOP. The number of hydrogen-bond acceptors (Lipinski definition) is 1. The van der Waals surface area contributed by atoms with E-state index >= 15 is 0 Å². The maximum atomic E-state index is 13.5. The Bertz CT molecular complexity index is 487. The molecule has 3 heteroatoms. The van der Waals surface area contributed by atoms with Gasteiger partial charge in [-0.05, 0) is 18.4 Å². The maximum absolute atomic E-state index is 13.5. The standard InChI is InChI=1S/C16H26NOP/c1-12(14-10-8-7-9-11-14)17-19(18)15(3,4)13(2)16(19,5)6/h7-13H,1-6H3,(H,17,18)/t12-,13?,19?/m0/s1. The fraction of sp³-hybridized carbons (Fsp3) is 0.625. The van der Waals surface area contributed by atoms with Crippen molar-refractivity contribution in [3.63, 3.8) is 0 Å². The minimum absolute atomic E-state index is 0.123. The van der Waals surface area contributed by atoms with Gasteiger partial charge < -0.3 is 4.57 Å². The Balaban J connectivity index is 2.26. The summed E-state index contributed by atoms with van der Waals surface area (Å²) in [6.07, 6.45) is 0. The van der Waals surface area contributed by atoms with E-state index in [0.29, 0.717) is 5.92 Å². The largest absolute Gasteiger partial charge is 0.306 e. The summed E-state index contributed by atoms with van der Waals surface area (Å²) in [7, 11) is -2.43. The first-order chi connectivity index (χ1) is 8.64. The minimum Gasteiger partial charge on any atom is -0.306 e. The van der Waals surface area contributed by atoms with Crippen LogP contribution in [-0.2, 0) is 4.57 Å². The zero-order valence-electron chi connectivity index (χ0n) is 12.9. The van der Waals surface area contributed by atoms with Gasteiger partial charge in [-0.3, -0.25) is 5.09 Å². The molecular weight excluding hydrogens is 253 g/mol. The lowest BCUT2D eigenvalue weighted by molar-refractivity contribution is 0.259. The molecule has 0 aliphatic carbocycles. The van der Waals surface area contributed by atoms with Crippen LogP contribution < -0.4 is 5.09 Å². The topological polar surface area (TPSA) is 29.1 Å². The average molecular weight is 279 g/mol. The van der Waals surface area contributed by atoms with Gasteiger partial charge >= 0.3 is 0 Å². The fourth-order valence-corrected chi connectivity index (χ4v) is 7.89. The second-order valence-corrected chi connectivity index (χ2v) is 10.7. The molecule has 0 amide bonds.